The van der Waals surface area contributed by atoms with Gasteiger partial charge in [0.25, 0.3) is 0 Å². The van der Waals surface area contributed by atoms with Gasteiger partial charge in [-0.05, 0) is 42.7 Å². The van der Waals surface area contributed by atoms with Crippen molar-refractivity contribution in [1.29, 1.82) is 0 Å². The Hall–Kier alpha value is -2.34. The van der Waals surface area contributed by atoms with Crippen LogP contribution in [0.3, 0.4) is 0 Å². The topological polar surface area (TPSA) is 50.8 Å². The van der Waals surface area contributed by atoms with Crippen molar-refractivity contribution in [2.24, 2.45) is 0 Å². The number of aryl methyl sites for hydroxylation is 1. The van der Waals surface area contributed by atoms with Crippen LogP contribution in [-0.4, -0.2) is 36.6 Å². The van der Waals surface area contributed by atoms with Gasteiger partial charge in [-0.1, -0.05) is 24.3 Å². The summed E-state index contributed by atoms with van der Waals surface area (Å²) in [6, 6.07) is 14.0. The highest BCUT2D eigenvalue weighted by Crippen LogP contribution is 2.40. The molecule has 6 heteroatoms. The Labute approximate surface area is 157 Å². The van der Waals surface area contributed by atoms with Crippen LogP contribution >= 0.6 is 11.8 Å². The molecule has 1 saturated heterocycles. The summed E-state index contributed by atoms with van der Waals surface area (Å²) in [5.41, 5.74) is 3.19. The molecule has 2 aliphatic rings. The Morgan fingerprint density at radius 2 is 2.00 bits per heavy atom. The van der Waals surface area contributed by atoms with Crippen molar-refractivity contribution >= 4 is 23.5 Å². The maximum absolute atomic E-state index is 12.6. The lowest BCUT2D eigenvalue weighted by Crippen LogP contribution is -2.36. The van der Waals surface area contributed by atoms with Crippen molar-refractivity contribution in [3.8, 4) is 11.5 Å². The Morgan fingerprint density at radius 3 is 2.88 bits per heavy atom. The van der Waals surface area contributed by atoms with Crippen LogP contribution in [0, 0.1) is 6.92 Å². The number of carbonyl (C=O) groups excluding carboxylic acids is 1. The van der Waals surface area contributed by atoms with Gasteiger partial charge in [-0.2, -0.15) is 11.8 Å². The molecule has 5 nitrogen and oxygen atoms in total. The molecule has 0 aliphatic carbocycles. The Balaban J connectivity index is 1.40. The fourth-order valence-electron chi connectivity index (χ4n) is 3.26. The summed E-state index contributed by atoms with van der Waals surface area (Å²) in [4.78, 5) is 14.5. The maximum atomic E-state index is 12.6. The first-order chi connectivity index (χ1) is 12.7. The minimum Gasteiger partial charge on any atom is -0.454 e. The highest BCUT2D eigenvalue weighted by atomic mass is 32.2. The van der Waals surface area contributed by atoms with E-state index in [0.29, 0.717) is 12.0 Å². The van der Waals surface area contributed by atoms with Crippen LogP contribution < -0.4 is 14.8 Å². The van der Waals surface area contributed by atoms with E-state index in [-0.39, 0.29) is 6.03 Å². The summed E-state index contributed by atoms with van der Waals surface area (Å²) in [6.07, 6.45) is 0.922. The highest BCUT2D eigenvalue weighted by Gasteiger charge is 2.24. The first-order valence-electron chi connectivity index (χ1n) is 8.83. The van der Waals surface area contributed by atoms with E-state index in [9.17, 15) is 4.79 Å². The first-order valence-corrected chi connectivity index (χ1v) is 9.88. The van der Waals surface area contributed by atoms with Gasteiger partial charge in [0.05, 0.1) is 0 Å². The smallest absolute Gasteiger partial charge is 0.321 e. The van der Waals surface area contributed by atoms with Gasteiger partial charge in [0.1, 0.15) is 0 Å². The van der Waals surface area contributed by atoms with E-state index < -0.39 is 0 Å². The van der Waals surface area contributed by atoms with E-state index in [2.05, 4.69) is 17.4 Å². The number of amides is 2. The zero-order chi connectivity index (χ0) is 17.9. The van der Waals surface area contributed by atoms with Crippen LogP contribution in [0.2, 0.25) is 0 Å². The second kappa shape index (κ2) is 7.50. The largest absolute Gasteiger partial charge is 0.454 e. The van der Waals surface area contributed by atoms with E-state index in [1.807, 2.05) is 53.9 Å². The highest BCUT2D eigenvalue weighted by molar-refractivity contribution is 7.99. The normalized spacial score (nSPS) is 19.1. The molecule has 0 unspecified atom stereocenters. The molecular weight excluding hydrogens is 348 g/mol. The average molecular weight is 370 g/mol. The van der Waals surface area contributed by atoms with Gasteiger partial charge in [0.15, 0.2) is 11.5 Å². The third-order valence-corrected chi connectivity index (χ3v) is 6.11. The molecule has 2 aromatic rings. The van der Waals surface area contributed by atoms with E-state index in [4.69, 9.17) is 9.47 Å². The number of nitrogens with zero attached hydrogens (tertiary/aromatic N) is 1. The lowest BCUT2D eigenvalue weighted by Gasteiger charge is -2.21. The van der Waals surface area contributed by atoms with Crippen molar-refractivity contribution in [2.45, 2.75) is 18.6 Å². The summed E-state index contributed by atoms with van der Waals surface area (Å²) in [6.45, 7) is 3.79. The quantitative estimate of drug-likeness (QED) is 0.849. The van der Waals surface area contributed by atoms with Gasteiger partial charge < -0.3 is 19.7 Å². The Bertz CT molecular complexity index is 811. The summed E-state index contributed by atoms with van der Waals surface area (Å²) >= 11 is 1.90. The number of nitrogens with one attached hydrogen (secondary N) is 1. The molecule has 2 amide bonds. The maximum Gasteiger partial charge on any atom is 0.321 e. The van der Waals surface area contributed by atoms with Gasteiger partial charge in [-0.3, -0.25) is 0 Å². The lowest BCUT2D eigenvalue weighted by molar-refractivity contribution is 0.174. The zero-order valence-corrected chi connectivity index (χ0v) is 15.6. The van der Waals surface area contributed by atoms with Crippen molar-refractivity contribution in [2.75, 3.05) is 31.0 Å². The molecule has 1 fully saturated rings. The molecule has 2 aromatic carbocycles. The van der Waals surface area contributed by atoms with Crippen LogP contribution in [0.15, 0.2) is 42.5 Å². The van der Waals surface area contributed by atoms with Crippen LogP contribution in [0.1, 0.15) is 22.8 Å². The fourth-order valence-corrected chi connectivity index (χ4v) is 4.48. The molecule has 0 saturated carbocycles. The molecule has 1 atom stereocenters. The third kappa shape index (κ3) is 3.60. The van der Waals surface area contributed by atoms with Crippen LogP contribution in [0.5, 0.6) is 11.5 Å². The molecule has 0 bridgehead atoms. The second-order valence-electron chi connectivity index (χ2n) is 6.49. The fraction of sp³-hybridized carbons (Fsp3) is 0.350. The van der Waals surface area contributed by atoms with Crippen molar-refractivity contribution in [1.82, 2.24) is 4.90 Å². The minimum absolute atomic E-state index is 0.0220. The molecule has 136 valence electrons. The Kier molecular flexibility index (Phi) is 4.93. The number of hydrogen-bond donors (Lipinski definition) is 1. The van der Waals surface area contributed by atoms with E-state index in [1.54, 1.807) is 0 Å². The molecule has 2 heterocycles. The molecule has 4 rings (SSSR count). The number of thioether (sulfide) groups is 1. The number of ether oxygens (including phenoxy) is 2. The SMILES string of the molecule is Cc1ccccc1NC(=O)N1CCS[C@@H](c2ccc3c(c2)OCO3)CC1. The van der Waals surface area contributed by atoms with Crippen molar-refractivity contribution < 1.29 is 14.3 Å². The van der Waals surface area contributed by atoms with Gasteiger partial charge >= 0.3 is 6.03 Å². The van der Waals surface area contributed by atoms with E-state index >= 15 is 0 Å². The van der Waals surface area contributed by atoms with Gasteiger partial charge in [-0.25, -0.2) is 4.79 Å². The number of anilines is 1. The third-order valence-electron chi connectivity index (χ3n) is 4.78. The van der Waals surface area contributed by atoms with E-state index in [0.717, 1.165) is 48.0 Å². The Morgan fingerprint density at radius 1 is 1.15 bits per heavy atom. The molecule has 0 spiro atoms. The monoisotopic (exact) mass is 370 g/mol. The lowest BCUT2D eigenvalue weighted by atomic mass is 10.1. The minimum atomic E-state index is -0.0220. The zero-order valence-electron chi connectivity index (χ0n) is 14.7. The number of rotatable bonds is 2. The van der Waals surface area contributed by atoms with Gasteiger partial charge in [0, 0.05) is 29.8 Å². The number of benzene rings is 2. The van der Waals surface area contributed by atoms with Crippen LogP contribution in [0.4, 0.5) is 10.5 Å². The molecule has 2 aliphatic heterocycles. The van der Waals surface area contributed by atoms with Gasteiger partial charge in [-0.15, -0.1) is 0 Å². The van der Waals surface area contributed by atoms with Crippen molar-refractivity contribution in [3.63, 3.8) is 0 Å². The number of urea groups is 1. The molecule has 26 heavy (non-hydrogen) atoms. The predicted molar refractivity (Wildman–Crippen MR) is 104 cm³/mol. The summed E-state index contributed by atoms with van der Waals surface area (Å²) in [5.74, 6) is 2.55. The van der Waals surface area contributed by atoms with Crippen molar-refractivity contribution in [3.05, 3.63) is 53.6 Å². The molecule has 0 aromatic heterocycles. The summed E-state index contributed by atoms with van der Waals surface area (Å²) in [5, 5.41) is 3.40. The van der Waals surface area contributed by atoms with Crippen LogP contribution in [-0.2, 0) is 0 Å². The number of para-hydroxylation sites is 1. The predicted octanol–water partition coefficient (Wildman–Crippen LogP) is 4.44. The number of carbonyl (C=O) groups is 1. The molecule has 0 radical (unpaired) electrons. The number of fused-ring (bicyclic) bond motifs is 1. The number of hydrogen-bond acceptors (Lipinski definition) is 4. The van der Waals surface area contributed by atoms with E-state index in [1.165, 1.54) is 5.56 Å². The molecule has 1 N–H and O–H groups in total. The standard InChI is InChI=1S/C20H22N2O3S/c1-14-4-2-3-5-16(14)21-20(23)22-9-8-19(26-11-10-22)15-6-7-17-18(12-15)25-13-24-17/h2-7,12,19H,8-11,13H2,1H3,(H,21,23)/t19-/m1/s1. The summed E-state index contributed by atoms with van der Waals surface area (Å²) in [7, 11) is 0. The average Bonchev–Trinajstić information content (AvgIpc) is 2.98. The second-order valence-corrected chi connectivity index (χ2v) is 7.80. The first kappa shape index (κ1) is 17.1. The molecular formula is C20H22N2O3S. The summed E-state index contributed by atoms with van der Waals surface area (Å²) < 4.78 is 10.9. The van der Waals surface area contributed by atoms with Gasteiger partial charge in [0.2, 0.25) is 6.79 Å². The van der Waals surface area contributed by atoms with Crippen LogP contribution in [0.25, 0.3) is 0 Å².